The SMILES string of the molecule is CN1CC(CN2CCC(N3CCN(CCO)CC3)CC2)CCC1=O. The van der Waals surface area contributed by atoms with E-state index in [0.717, 1.165) is 64.7 Å². The minimum atomic E-state index is 0.278. The summed E-state index contributed by atoms with van der Waals surface area (Å²) in [6, 6.07) is 0.744. The van der Waals surface area contributed by atoms with Crippen LogP contribution in [0.4, 0.5) is 0 Å². The van der Waals surface area contributed by atoms with Gasteiger partial charge >= 0.3 is 0 Å². The normalized spacial score (nSPS) is 29.3. The van der Waals surface area contributed by atoms with Gasteiger partial charge in [-0.25, -0.2) is 0 Å². The number of carbonyl (C=O) groups is 1. The van der Waals surface area contributed by atoms with Crippen LogP contribution in [0.1, 0.15) is 25.7 Å². The molecule has 6 heteroatoms. The Balaban J connectivity index is 1.36. The number of aliphatic hydroxyl groups excluding tert-OH is 1. The molecule has 0 aromatic heterocycles. The maximum Gasteiger partial charge on any atom is 0.222 e. The molecule has 3 aliphatic rings. The molecule has 3 aliphatic heterocycles. The summed E-state index contributed by atoms with van der Waals surface area (Å²) < 4.78 is 0. The summed E-state index contributed by atoms with van der Waals surface area (Å²) in [5, 5.41) is 9.05. The zero-order chi connectivity index (χ0) is 16.9. The smallest absolute Gasteiger partial charge is 0.222 e. The van der Waals surface area contributed by atoms with Crippen molar-refractivity contribution in [3.05, 3.63) is 0 Å². The standard InChI is InChI=1S/C18H34N4O2/c1-19-14-16(2-3-18(19)24)15-21-6-4-17(5-7-21)22-10-8-20(9-11-22)12-13-23/h16-17,23H,2-15H2,1H3. The van der Waals surface area contributed by atoms with Crippen LogP contribution in [0, 0.1) is 5.92 Å². The van der Waals surface area contributed by atoms with Crippen molar-refractivity contribution in [3.63, 3.8) is 0 Å². The summed E-state index contributed by atoms with van der Waals surface area (Å²) in [7, 11) is 1.94. The lowest BCUT2D eigenvalue weighted by molar-refractivity contribution is -0.133. The number of hydrogen-bond acceptors (Lipinski definition) is 5. The van der Waals surface area contributed by atoms with Crippen LogP contribution in [0.15, 0.2) is 0 Å². The fraction of sp³-hybridized carbons (Fsp3) is 0.944. The van der Waals surface area contributed by atoms with Crippen LogP contribution in [0.2, 0.25) is 0 Å². The molecule has 0 saturated carbocycles. The summed E-state index contributed by atoms with van der Waals surface area (Å²) in [5.74, 6) is 0.969. The molecule has 138 valence electrons. The van der Waals surface area contributed by atoms with Gasteiger partial charge in [-0.3, -0.25) is 14.6 Å². The van der Waals surface area contributed by atoms with Crippen LogP contribution >= 0.6 is 0 Å². The second-order valence-electron chi connectivity index (χ2n) is 7.81. The molecule has 0 bridgehead atoms. The first-order valence-corrected chi connectivity index (χ1v) is 9.69. The molecule has 0 aromatic carbocycles. The molecule has 3 fully saturated rings. The summed E-state index contributed by atoms with van der Waals surface area (Å²) in [6.45, 7) is 10.1. The number of likely N-dealkylation sites (tertiary alicyclic amines) is 2. The predicted molar refractivity (Wildman–Crippen MR) is 94.9 cm³/mol. The molecule has 3 rings (SSSR count). The minimum Gasteiger partial charge on any atom is -0.395 e. The third-order valence-electron chi connectivity index (χ3n) is 6.14. The van der Waals surface area contributed by atoms with Crippen molar-refractivity contribution in [2.75, 3.05) is 72.6 Å². The predicted octanol–water partition coefficient (Wildman–Crippen LogP) is -0.0709. The van der Waals surface area contributed by atoms with E-state index in [1.54, 1.807) is 0 Å². The number of piperazine rings is 1. The van der Waals surface area contributed by atoms with E-state index in [0.29, 0.717) is 11.8 Å². The highest BCUT2D eigenvalue weighted by Crippen LogP contribution is 2.22. The van der Waals surface area contributed by atoms with Gasteiger partial charge in [-0.1, -0.05) is 0 Å². The van der Waals surface area contributed by atoms with Crippen molar-refractivity contribution in [1.82, 2.24) is 19.6 Å². The first-order valence-electron chi connectivity index (χ1n) is 9.69. The number of piperidine rings is 2. The zero-order valence-electron chi connectivity index (χ0n) is 15.2. The lowest BCUT2D eigenvalue weighted by atomic mass is 9.95. The number of nitrogens with zero attached hydrogens (tertiary/aromatic N) is 4. The van der Waals surface area contributed by atoms with Gasteiger partial charge in [-0.2, -0.15) is 0 Å². The Morgan fingerprint density at radius 2 is 1.71 bits per heavy atom. The van der Waals surface area contributed by atoms with Gasteiger partial charge < -0.3 is 14.9 Å². The van der Waals surface area contributed by atoms with Gasteiger partial charge in [0.2, 0.25) is 5.91 Å². The Morgan fingerprint density at radius 3 is 2.33 bits per heavy atom. The first kappa shape index (κ1) is 18.1. The highest BCUT2D eigenvalue weighted by Gasteiger charge is 2.29. The van der Waals surface area contributed by atoms with Crippen molar-refractivity contribution in [2.45, 2.75) is 31.7 Å². The fourth-order valence-electron chi connectivity index (χ4n) is 4.57. The maximum absolute atomic E-state index is 11.6. The van der Waals surface area contributed by atoms with Gasteiger partial charge in [-0.05, 0) is 38.3 Å². The Labute approximate surface area is 146 Å². The lowest BCUT2D eigenvalue weighted by Gasteiger charge is -2.43. The van der Waals surface area contributed by atoms with Gasteiger partial charge in [0.15, 0.2) is 0 Å². The molecule has 0 spiro atoms. The highest BCUT2D eigenvalue weighted by atomic mass is 16.3. The van der Waals surface area contributed by atoms with E-state index in [2.05, 4.69) is 14.7 Å². The van der Waals surface area contributed by atoms with Crippen molar-refractivity contribution >= 4 is 5.91 Å². The topological polar surface area (TPSA) is 50.3 Å². The van der Waals surface area contributed by atoms with E-state index in [1.807, 2.05) is 11.9 Å². The number of carbonyl (C=O) groups excluding carboxylic acids is 1. The maximum atomic E-state index is 11.6. The molecule has 0 aliphatic carbocycles. The summed E-state index contributed by atoms with van der Waals surface area (Å²) in [4.78, 5) is 21.2. The fourth-order valence-corrected chi connectivity index (χ4v) is 4.57. The third kappa shape index (κ3) is 4.69. The van der Waals surface area contributed by atoms with Crippen LogP contribution < -0.4 is 0 Å². The zero-order valence-corrected chi connectivity index (χ0v) is 15.2. The molecular formula is C18H34N4O2. The van der Waals surface area contributed by atoms with E-state index in [1.165, 1.54) is 25.9 Å². The third-order valence-corrected chi connectivity index (χ3v) is 6.14. The summed E-state index contributed by atoms with van der Waals surface area (Å²) in [6.07, 6.45) is 4.36. The largest absolute Gasteiger partial charge is 0.395 e. The van der Waals surface area contributed by atoms with Crippen molar-refractivity contribution < 1.29 is 9.90 Å². The molecule has 1 N–H and O–H groups in total. The Bertz CT molecular complexity index is 404. The molecule has 1 unspecified atom stereocenters. The van der Waals surface area contributed by atoms with Gasteiger partial charge in [0.1, 0.15) is 0 Å². The van der Waals surface area contributed by atoms with Crippen molar-refractivity contribution in [1.29, 1.82) is 0 Å². The Hall–Kier alpha value is -0.690. The van der Waals surface area contributed by atoms with E-state index in [4.69, 9.17) is 5.11 Å². The molecule has 3 saturated heterocycles. The molecule has 1 amide bonds. The average Bonchev–Trinajstić information content (AvgIpc) is 2.60. The van der Waals surface area contributed by atoms with E-state index in [9.17, 15) is 4.79 Å². The number of aliphatic hydroxyl groups is 1. The average molecular weight is 338 g/mol. The van der Waals surface area contributed by atoms with Crippen LogP contribution in [-0.2, 0) is 4.79 Å². The highest BCUT2D eigenvalue weighted by molar-refractivity contribution is 5.76. The van der Waals surface area contributed by atoms with Crippen LogP contribution in [0.25, 0.3) is 0 Å². The second kappa shape index (κ2) is 8.61. The number of amides is 1. The quantitative estimate of drug-likeness (QED) is 0.760. The van der Waals surface area contributed by atoms with Crippen LogP contribution in [0.3, 0.4) is 0 Å². The molecule has 24 heavy (non-hydrogen) atoms. The lowest BCUT2D eigenvalue weighted by Crippen LogP contribution is -2.54. The van der Waals surface area contributed by atoms with E-state index in [-0.39, 0.29) is 6.61 Å². The van der Waals surface area contributed by atoms with Gasteiger partial charge in [-0.15, -0.1) is 0 Å². The van der Waals surface area contributed by atoms with E-state index < -0.39 is 0 Å². The van der Waals surface area contributed by atoms with Crippen molar-refractivity contribution in [3.8, 4) is 0 Å². The minimum absolute atomic E-state index is 0.278. The molecular weight excluding hydrogens is 304 g/mol. The monoisotopic (exact) mass is 338 g/mol. The number of hydrogen-bond donors (Lipinski definition) is 1. The first-order chi connectivity index (χ1) is 11.7. The Kier molecular flexibility index (Phi) is 6.49. The van der Waals surface area contributed by atoms with Gasteiger partial charge in [0, 0.05) is 65.3 Å². The molecule has 3 heterocycles. The van der Waals surface area contributed by atoms with Gasteiger partial charge in [0.25, 0.3) is 0 Å². The molecule has 0 aromatic rings. The second-order valence-corrected chi connectivity index (χ2v) is 7.81. The molecule has 0 radical (unpaired) electrons. The van der Waals surface area contributed by atoms with E-state index >= 15 is 0 Å². The Morgan fingerprint density at radius 1 is 1.00 bits per heavy atom. The van der Waals surface area contributed by atoms with Crippen LogP contribution in [0.5, 0.6) is 0 Å². The van der Waals surface area contributed by atoms with Crippen molar-refractivity contribution in [2.24, 2.45) is 5.92 Å². The summed E-state index contributed by atoms with van der Waals surface area (Å²) in [5.41, 5.74) is 0. The molecule has 6 nitrogen and oxygen atoms in total. The number of β-amino-alcohol motifs (C(OH)–C–C–N with tert-alkyl or cyclic N) is 1. The number of rotatable bonds is 5. The van der Waals surface area contributed by atoms with Gasteiger partial charge in [0.05, 0.1) is 6.61 Å². The van der Waals surface area contributed by atoms with Crippen LogP contribution in [-0.4, -0.2) is 109 Å². The molecule has 1 atom stereocenters. The summed E-state index contributed by atoms with van der Waals surface area (Å²) >= 11 is 0.